The lowest BCUT2D eigenvalue weighted by atomic mass is 10.0. The molecule has 7 nitrogen and oxygen atoms in total. The average molecular weight is 400 g/mol. The third-order valence-corrected chi connectivity index (χ3v) is 4.18. The van der Waals surface area contributed by atoms with E-state index in [0.29, 0.717) is 22.6 Å². The van der Waals surface area contributed by atoms with Crippen molar-refractivity contribution >= 4 is 17.5 Å². The highest BCUT2D eigenvalue weighted by Crippen LogP contribution is 2.33. The van der Waals surface area contributed by atoms with Gasteiger partial charge in [-0.05, 0) is 42.0 Å². The van der Waals surface area contributed by atoms with Gasteiger partial charge in [-0.3, -0.25) is 14.9 Å². The van der Waals surface area contributed by atoms with Gasteiger partial charge in [0.2, 0.25) is 11.5 Å². The number of nitro groups is 1. The molecule has 0 bridgehead atoms. The normalized spacial score (nSPS) is 10.7. The third-order valence-electron chi connectivity index (χ3n) is 4.18. The lowest BCUT2D eigenvalue weighted by Gasteiger charge is -2.08. The maximum absolute atomic E-state index is 12.5. The van der Waals surface area contributed by atoms with Gasteiger partial charge in [0.1, 0.15) is 23.1 Å². The number of allylic oxidation sites excluding steroid dienone is 1. The number of methoxy groups -OCH3 is 1. The number of ketones is 1. The fourth-order valence-electron chi connectivity index (χ4n) is 2.68. The quantitative estimate of drug-likeness (QED) is 0.178. The van der Waals surface area contributed by atoms with Crippen molar-refractivity contribution in [1.29, 1.82) is 5.26 Å². The summed E-state index contributed by atoms with van der Waals surface area (Å²) in [6, 6.07) is 21.0. The summed E-state index contributed by atoms with van der Waals surface area (Å²) < 4.78 is 10.7. The minimum absolute atomic E-state index is 0.0372. The van der Waals surface area contributed by atoms with Gasteiger partial charge in [0.25, 0.3) is 0 Å². The van der Waals surface area contributed by atoms with Crippen LogP contribution >= 0.6 is 0 Å². The first-order chi connectivity index (χ1) is 14.5. The molecule has 0 aliphatic heterocycles. The molecule has 0 aliphatic rings. The Balaban J connectivity index is 1.92. The van der Waals surface area contributed by atoms with Crippen LogP contribution in [0.4, 0.5) is 5.69 Å². The largest absolute Gasteiger partial charge is 0.497 e. The Morgan fingerprint density at radius 1 is 1.03 bits per heavy atom. The molecule has 0 amide bonds. The molecular weight excluding hydrogens is 384 g/mol. The minimum Gasteiger partial charge on any atom is -0.497 e. The molecule has 0 N–H and O–H groups in total. The number of ether oxygens (including phenoxy) is 2. The first-order valence-corrected chi connectivity index (χ1v) is 8.83. The van der Waals surface area contributed by atoms with Crippen LogP contribution in [0.15, 0.2) is 78.4 Å². The number of nitro benzene ring substituents is 1. The number of hydrogen-bond acceptors (Lipinski definition) is 6. The molecular formula is C23H16N2O5. The number of nitrogens with zero attached hydrogens (tertiary/aromatic N) is 2. The molecule has 0 unspecified atom stereocenters. The van der Waals surface area contributed by atoms with Crippen LogP contribution in [-0.4, -0.2) is 17.8 Å². The SMILES string of the molecule is COc1ccc(Oc2ccc(/C=C(\C#N)C(=O)c3ccccc3)cc2[N+](=O)[O-])cc1. The number of rotatable bonds is 7. The van der Waals surface area contributed by atoms with Gasteiger partial charge in [-0.1, -0.05) is 36.4 Å². The first-order valence-electron chi connectivity index (χ1n) is 8.83. The van der Waals surface area contributed by atoms with Gasteiger partial charge >= 0.3 is 5.69 Å². The second-order valence-electron chi connectivity index (χ2n) is 6.13. The highest BCUT2D eigenvalue weighted by molar-refractivity contribution is 6.14. The van der Waals surface area contributed by atoms with E-state index in [2.05, 4.69) is 0 Å². The van der Waals surface area contributed by atoms with E-state index in [1.54, 1.807) is 60.7 Å². The molecule has 0 aromatic heterocycles. The van der Waals surface area contributed by atoms with Crippen molar-refractivity contribution in [3.8, 4) is 23.3 Å². The number of hydrogen-bond donors (Lipinski definition) is 0. The van der Waals surface area contributed by atoms with Gasteiger partial charge in [-0.15, -0.1) is 0 Å². The van der Waals surface area contributed by atoms with Gasteiger partial charge in [-0.2, -0.15) is 5.26 Å². The van der Waals surface area contributed by atoms with E-state index in [-0.39, 0.29) is 17.0 Å². The van der Waals surface area contributed by atoms with E-state index in [1.165, 1.54) is 25.3 Å². The number of nitriles is 1. The van der Waals surface area contributed by atoms with Gasteiger partial charge in [0.15, 0.2) is 0 Å². The fourth-order valence-corrected chi connectivity index (χ4v) is 2.68. The Morgan fingerprint density at radius 3 is 2.30 bits per heavy atom. The summed E-state index contributed by atoms with van der Waals surface area (Å²) in [5.41, 5.74) is 0.284. The number of Topliss-reactive ketones (excluding diaryl/α,β-unsaturated/α-hetero) is 1. The number of benzene rings is 3. The third kappa shape index (κ3) is 4.69. The lowest BCUT2D eigenvalue weighted by molar-refractivity contribution is -0.385. The zero-order valence-electron chi connectivity index (χ0n) is 15.9. The predicted octanol–water partition coefficient (Wildman–Crippen LogP) is 5.19. The van der Waals surface area contributed by atoms with Crippen LogP contribution in [0.1, 0.15) is 15.9 Å². The van der Waals surface area contributed by atoms with E-state index < -0.39 is 10.7 Å². The molecule has 30 heavy (non-hydrogen) atoms. The highest BCUT2D eigenvalue weighted by Gasteiger charge is 2.18. The van der Waals surface area contributed by atoms with Crippen molar-refractivity contribution in [2.45, 2.75) is 0 Å². The Morgan fingerprint density at radius 2 is 1.70 bits per heavy atom. The maximum Gasteiger partial charge on any atom is 0.312 e. The van der Waals surface area contributed by atoms with Crippen LogP contribution < -0.4 is 9.47 Å². The van der Waals surface area contributed by atoms with Gasteiger partial charge in [0, 0.05) is 11.6 Å². The maximum atomic E-state index is 12.5. The van der Waals surface area contributed by atoms with Crippen molar-refractivity contribution in [3.05, 3.63) is 99.6 Å². The van der Waals surface area contributed by atoms with Crippen molar-refractivity contribution in [1.82, 2.24) is 0 Å². The summed E-state index contributed by atoms with van der Waals surface area (Å²) in [7, 11) is 1.53. The molecule has 0 fully saturated rings. The highest BCUT2D eigenvalue weighted by atomic mass is 16.6. The van der Waals surface area contributed by atoms with Gasteiger partial charge in [0.05, 0.1) is 12.0 Å². The summed E-state index contributed by atoms with van der Waals surface area (Å²) in [4.78, 5) is 23.4. The standard InChI is InChI=1S/C23H16N2O5/c1-29-19-8-10-20(11-9-19)30-22-12-7-16(14-21(22)25(27)28)13-18(15-24)23(26)17-5-3-2-4-6-17/h2-14H,1H3/b18-13+. The number of carbonyl (C=O) groups excluding carboxylic acids is 1. The molecule has 7 heteroatoms. The van der Waals surface area contributed by atoms with Crippen molar-refractivity contribution in [2.75, 3.05) is 7.11 Å². The van der Waals surface area contributed by atoms with E-state index in [0.717, 1.165) is 0 Å². The van der Waals surface area contributed by atoms with Crippen LogP contribution in [0, 0.1) is 21.4 Å². The molecule has 0 spiro atoms. The Labute approximate surface area is 172 Å². The van der Waals surface area contributed by atoms with Crippen molar-refractivity contribution < 1.29 is 19.2 Å². The Bertz CT molecular complexity index is 1150. The van der Waals surface area contributed by atoms with Gasteiger partial charge in [-0.25, -0.2) is 0 Å². The molecule has 3 aromatic carbocycles. The Kier molecular flexibility index (Phi) is 6.20. The van der Waals surface area contributed by atoms with Crippen LogP contribution in [0.5, 0.6) is 17.2 Å². The summed E-state index contributed by atoms with van der Waals surface area (Å²) >= 11 is 0. The summed E-state index contributed by atoms with van der Waals surface area (Å²) in [6.07, 6.45) is 1.32. The fraction of sp³-hybridized carbons (Fsp3) is 0.0435. The van der Waals surface area contributed by atoms with E-state index in [1.807, 2.05) is 6.07 Å². The van der Waals surface area contributed by atoms with Crippen molar-refractivity contribution in [3.63, 3.8) is 0 Å². The molecule has 0 saturated carbocycles. The first kappa shape index (κ1) is 20.3. The molecule has 0 atom stereocenters. The zero-order valence-corrected chi connectivity index (χ0v) is 15.9. The van der Waals surface area contributed by atoms with E-state index in [9.17, 15) is 20.2 Å². The zero-order chi connectivity index (χ0) is 21.5. The molecule has 0 saturated heterocycles. The minimum atomic E-state index is -0.582. The summed E-state index contributed by atoms with van der Waals surface area (Å²) in [6.45, 7) is 0. The molecule has 0 radical (unpaired) electrons. The second-order valence-corrected chi connectivity index (χ2v) is 6.13. The van der Waals surface area contributed by atoms with Crippen LogP contribution in [0.2, 0.25) is 0 Å². The second kappa shape index (κ2) is 9.17. The van der Waals surface area contributed by atoms with Crippen LogP contribution in [-0.2, 0) is 0 Å². The Hall–Kier alpha value is -4.44. The van der Waals surface area contributed by atoms with E-state index >= 15 is 0 Å². The summed E-state index contributed by atoms with van der Waals surface area (Å²) in [5.74, 6) is 0.609. The summed E-state index contributed by atoms with van der Waals surface area (Å²) in [5, 5.41) is 20.9. The molecule has 3 rings (SSSR count). The molecule has 0 heterocycles. The topological polar surface area (TPSA) is 102 Å². The lowest BCUT2D eigenvalue weighted by Crippen LogP contribution is -2.01. The molecule has 0 aliphatic carbocycles. The van der Waals surface area contributed by atoms with E-state index in [4.69, 9.17) is 9.47 Å². The molecule has 148 valence electrons. The van der Waals surface area contributed by atoms with Crippen molar-refractivity contribution in [2.24, 2.45) is 0 Å². The predicted molar refractivity (Wildman–Crippen MR) is 111 cm³/mol. The average Bonchev–Trinajstić information content (AvgIpc) is 2.78. The smallest absolute Gasteiger partial charge is 0.312 e. The van der Waals surface area contributed by atoms with Gasteiger partial charge < -0.3 is 9.47 Å². The molecule has 3 aromatic rings. The van der Waals surface area contributed by atoms with Crippen LogP contribution in [0.25, 0.3) is 6.08 Å². The monoisotopic (exact) mass is 400 g/mol. The number of carbonyl (C=O) groups is 1. The van der Waals surface area contributed by atoms with Crippen LogP contribution in [0.3, 0.4) is 0 Å².